The number of anilines is 2. The van der Waals surface area contributed by atoms with Crippen molar-refractivity contribution in [3.05, 3.63) is 167 Å². The number of hydrogen-bond acceptors (Lipinski definition) is 6. The minimum absolute atomic E-state index is 0.120. The molecule has 2 amide bonds. The van der Waals surface area contributed by atoms with Gasteiger partial charge in [-0.25, -0.2) is 0 Å². The molecule has 7 aromatic rings. The Morgan fingerprint density at radius 3 is 2.02 bits per heavy atom. The quantitative estimate of drug-likeness (QED) is 0.133. The van der Waals surface area contributed by atoms with E-state index in [0.29, 0.717) is 36.2 Å². The molecule has 52 heavy (non-hydrogen) atoms. The Morgan fingerprint density at radius 2 is 1.37 bits per heavy atom. The van der Waals surface area contributed by atoms with E-state index in [2.05, 4.69) is 29.6 Å². The SMILES string of the molecule is CN(C)c1nc(NCc2ccccc2)nc2c1cc(C(=O)N(CC(N)=O)Cc1cccc3ccccc13)n2CC(c1ccccc1)c1ccccc1. The summed E-state index contributed by atoms with van der Waals surface area (Å²) in [6.45, 7) is 0.876. The van der Waals surface area contributed by atoms with Crippen LogP contribution < -0.4 is 16.0 Å². The molecule has 0 saturated heterocycles. The summed E-state index contributed by atoms with van der Waals surface area (Å²) in [6, 6.07) is 46.5. The Bertz CT molecular complexity index is 2280. The topological polar surface area (TPSA) is 109 Å². The molecule has 7 rings (SSSR count). The number of nitrogens with zero attached hydrogens (tertiary/aromatic N) is 5. The maximum atomic E-state index is 15.0. The summed E-state index contributed by atoms with van der Waals surface area (Å²) < 4.78 is 1.99. The van der Waals surface area contributed by atoms with Crippen molar-refractivity contribution in [1.82, 2.24) is 19.4 Å². The van der Waals surface area contributed by atoms with Gasteiger partial charge in [0.15, 0.2) is 0 Å². The summed E-state index contributed by atoms with van der Waals surface area (Å²) in [5.41, 5.74) is 11.0. The number of carbonyl (C=O) groups excluding carboxylic acids is 2. The summed E-state index contributed by atoms with van der Waals surface area (Å²) in [7, 11) is 3.86. The second-order valence-corrected chi connectivity index (χ2v) is 13.1. The molecule has 0 fully saturated rings. The van der Waals surface area contributed by atoms with Crippen molar-refractivity contribution in [2.24, 2.45) is 5.73 Å². The van der Waals surface area contributed by atoms with Gasteiger partial charge in [0.05, 0.1) is 5.39 Å². The van der Waals surface area contributed by atoms with Crippen molar-refractivity contribution in [1.29, 1.82) is 0 Å². The second kappa shape index (κ2) is 15.2. The Balaban J connectivity index is 1.39. The fourth-order valence-corrected chi connectivity index (χ4v) is 6.81. The smallest absolute Gasteiger partial charge is 0.271 e. The van der Waals surface area contributed by atoms with Gasteiger partial charge in [-0.2, -0.15) is 9.97 Å². The summed E-state index contributed by atoms with van der Waals surface area (Å²) in [5, 5.41) is 6.20. The third-order valence-electron chi connectivity index (χ3n) is 9.31. The average molecular weight is 688 g/mol. The number of primary amides is 1. The number of hydrogen-bond donors (Lipinski definition) is 2. The summed E-state index contributed by atoms with van der Waals surface area (Å²) in [4.78, 5) is 41.0. The van der Waals surface area contributed by atoms with Crippen LogP contribution in [0.2, 0.25) is 0 Å². The van der Waals surface area contributed by atoms with Crippen LogP contribution in [0.5, 0.6) is 0 Å². The predicted molar refractivity (Wildman–Crippen MR) is 208 cm³/mol. The van der Waals surface area contributed by atoms with E-state index in [-0.39, 0.29) is 24.9 Å². The van der Waals surface area contributed by atoms with E-state index in [9.17, 15) is 9.59 Å². The van der Waals surface area contributed by atoms with Gasteiger partial charge in [0, 0.05) is 39.6 Å². The number of fused-ring (bicyclic) bond motifs is 2. The van der Waals surface area contributed by atoms with Gasteiger partial charge in [-0.1, -0.05) is 133 Å². The number of nitrogens with two attached hydrogens (primary N) is 1. The van der Waals surface area contributed by atoms with E-state index in [0.717, 1.165) is 38.4 Å². The van der Waals surface area contributed by atoms with Gasteiger partial charge < -0.3 is 25.4 Å². The van der Waals surface area contributed by atoms with Crippen LogP contribution in [0.15, 0.2) is 140 Å². The standard InChI is InChI=1S/C43H41N7O2/c1-48(2)40-36-25-38(42(52)49(29-39(44)51)27-34-23-14-22-31-21-12-13-24-35(31)34)50(41(36)47-43(46-40)45-26-30-15-6-3-7-16-30)28-37(32-17-8-4-9-18-32)33-19-10-5-11-20-33/h3-25,37H,26-29H2,1-2H3,(H2,44,51)(H,45,46,47). The zero-order valence-electron chi connectivity index (χ0n) is 29.3. The molecule has 9 nitrogen and oxygen atoms in total. The highest BCUT2D eigenvalue weighted by Crippen LogP contribution is 2.34. The normalized spacial score (nSPS) is 11.2. The van der Waals surface area contributed by atoms with Gasteiger partial charge in [-0.15, -0.1) is 0 Å². The van der Waals surface area contributed by atoms with Crippen LogP contribution in [0.25, 0.3) is 21.8 Å². The molecule has 0 saturated carbocycles. The molecule has 0 aliphatic carbocycles. The number of carbonyl (C=O) groups is 2. The first-order valence-electron chi connectivity index (χ1n) is 17.4. The first kappa shape index (κ1) is 34.0. The van der Waals surface area contributed by atoms with Crippen LogP contribution in [-0.2, 0) is 24.4 Å². The first-order valence-corrected chi connectivity index (χ1v) is 17.4. The lowest BCUT2D eigenvalue weighted by molar-refractivity contribution is -0.118. The number of amides is 2. The lowest BCUT2D eigenvalue weighted by Crippen LogP contribution is -2.39. The average Bonchev–Trinajstić information content (AvgIpc) is 3.54. The van der Waals surface area contributed by atoms with Gasteiger partial charge >= 0.3 is 0 Å². The Labute approximate surface area is 303 Å². The van der Waals surface area contributed by atoms with Gasteiger partial charge in [-0.05, 0) is 39.1 Å². The summed E-state index contributed by atoms with van der Waals surface area (Å²) >= 11 is 0. The lowest BCUT2D eigenvalue weighted by atomic mass is 9.91. The molecule has 5 aromatic carbocycles. The van der Waals surface area contributed by atoms with Crippen molar-refractivity contribution in [3.8, 4) is 0 Å². The van der Waals surface area contributed by atoms with Gasteiger partial charge in [-0.3, -0.25) is 9.59 Å². The molecule has 0 atom stereocenters. The van der Waals surface area contributed by atoms with Crippen molar-refractivity contribution < 1.29 is 9.59 Å². The van der Waals surface area contributed by atoms with Crippen LogP contribution in [-0.4, -0.2) is 51.9 Å². The molecule has 9 heteroatoms. The molecule has 0 aliphatic rings. The molecule has 3 N–H and O–H groups in total. The number of rotatable bonds is 13. The number of benzene rings is 5. The van der Waals surface area contributed by atoms with Crippen LogP contribution in [0.4, 0.5) is 11.8 Å². The van der Waals surface area contributed by atoms with E-state index >= 15 is 0 Å². The fraction of sp³-hybridized carbons (Fsp3) is 0.163. The van der Waals surface area contributed by atoms with E-state index in [1.54, 1.807) is 0 Å². The van der Waals surface area contributed by atoms with Crippen LogP contribution in [0.3, 0.4) is 0 Å². The molecule has 2 heterocycles. The maximum Gasteiger partial charge on any atom is 0.271 e. The lowest BCUT2D eigenvalue weighted by Gasteiger charge is -2.25. The van der Waals surface area contributed by atoms with Gasteiger partial charge in [0.25, 0.3) is 5.91 Å². The zero-order chi connectivity index (χ0) is 36.0. The van der Waals surface area contributed by atoms with Crippen molar-refractivity contribution in [3.63, 3.8) is 0 Å². The molecule has 2 aromatic heterocycles. The molecule has 0 aliphatic heterocycles. The highest BCUT2D eigenvalue weighted by molar-refractivity contribution is 6.02. The van der Waals surface area contributed by atoms with Crippen LogP contribution in [0.1, 0.15) is 38.7 Å². The maximum absolute atomic E-state index is 15.0. The summed E-state index contributed by atoms with van der Waals surface area (Å²) in [6.07, 6.45) is 0. The van der Waals surface area contributed by atoms with Crippen molar-refractivity contribution in [2.45, 2.75) is 25.6 Å². The molecule has 0 bridgehead atoms. The summed E-state index contributed by atoms with van der Waals surface area (Å²) in [5.74, 6) is 0.0710. The fourth-order valence-electron chi connectivity index (χ4n) is 6.81. The number of aromatic nitrogens is 3. The second-order valence-electron chi connectivity index (χ2n) is 13.1. The molecular weight excluding hydrogens is 647 g/mol. The zero-order valence-corrected chi connectivity index (χ0v) is 29.3. The van der Waals surface area contributed by atoms with Gasteiger partial charge in [0.1, 0.15) is 23.7 Å². The molecule has 0 unspecified atom stereocenters. The van der Waals surface area contributed by atoms with E-state index in [1.807, 2.05) is 139 Å². The molecule has 0 radical (unpaired) electrons. The van der Waals surface area contributed by atoms with Crippen molar-refractivity contribution in [2.75, 3.05) is 30.9 Å². The Hall–Kier alpha value is -6.48. The van der Waals surface area contributed by atoms with E-state index in [4.69, 9.17) is 15.7 Å². The van der Waals surface area contributed by atoms with E-state index in [1.165, 1.54) is 4.90 Å². The predicted octanol–water partition coefficient (Wildman–Crippen LogP) is 7.22. The Kier molecular flexibility index (Phi) is 9.93. The minimum Gasteiger partial charge on any atom is -0.368 e. The third-order valence-corrected chi connectivity index (χ3v) is 9.31. The van der Waals surface area contributed by atoms with Gasteiger partial charge in [0.2, 0.25) is 11.9 Å². The minimum atomic E-state index is -0.594. The largest absolute Gasteiger partial charge is 0.368 e. The van der Waals surface area contributed by atoms with Crippen molar-refractivity contribution >= 4 is 45.4 Å². The number of nitrogens with one attached hydrogen (secondary N) is 1. The molecular formula is C43H41N7O2. The van der Waals surface area contributed by atoms with Crippen LogP contribution in [0, 0.1) is 0 Å². The third kappa shape index (κ3) is 7.34. The monoisotopic (exact) mass is 687 g/mol. The highest BCUT2D eigenvalue weighted by atomic mass is 16.2. The van der Waals surface area contributed by atoms with E-state index < -0.39 is 5.91 Å². The van der Waals surface area contributed by atoms with Crippen LogP contribution >= 0.6 is 0 Å². The highest BCUT2D eigenvalue weighted by Gasteiger charge is 2.28. The molecule has 260 valence electrons. The molecule has 0 spiro atoms. The first-order chi connectivity index (χ1) is 25.4. The Morgan fingerprint density at radius 1 is 0.750 bits per heavy atom.